The van der Waals surface area contributed by atoms with Gasteiger partial charge in [-0.25, -0.2) is 0 Å². The van der Waals surface area contributed by atoms with E-state index in [2.05, 4.69) is 5.32 Å². The fourth-order valence-electron chi connectivity index (χ4n) is 4.17. The molecule has 0 bridgehead atoms. The topological polar surface area (TPSA) is 67.9 Å². The second kappa shape index (κ2) is 9.20. The molecule has 2 amide bonds. The summed E-state index contributed by atoms with van der Waals surface area (Å²) < 4.78 is 11.5. The Balaban J connectivity index is 1.40. The van der Waals surface area contributed by atoms with E-state index in [1.807, 2.05) is 30.3 Å². The summed E-state index contributed by atoms with van der Waals surface area (Å²) in [7, 11) is 1.59. The van der Waals surface area contributed by atoms with Crippen molar-refractivity contribution in [3.05, 3.63) is 59.7 Å². The minimum absolute atomic E-state index is 0.0388. The van der Waals surface area contributed by atoms with Gasteiger partial charge in [-0.05, 0) is 55.9 Å². The van der Waals surface area contributed by atoms with Crippen molar-refractivity contribution in [2.75, 3.05) is 13.7 Å². The van der Waals surface area contributed by atoms with Crippen LogP contribution in [0.2, 0.25) is 0 Å². The van der Waals surface area contributed by atoms with Crippen LogP contribution in [0, 0.1) is 0 Å². The molecular weight excluding hydrogens is 380 g/mol. The van der Waals surface area contributed by atoms with Gasteiger partial charge in [-0.1, -0.05) is 30.3 Å². The lowest BCUT2D eigenvalue weighted by molar-refractivity contribution is -0.129. The van der Waals surface area contributed by atoms with E-state index in [1.165, 1.54) is 0 Å². The van der Waals surface area contributed by atoms with Crippen LogP contribution in [0.3, 0.4) is 0 Å². The maximum atomic E-state index is 12.8. The number of methoxy groups -OCH3 is 1. The van der Waals surface area contributed by atoms with E-state index in [1.54, 1.807) is 30.2 Å². The second-order valence-corrected chi connectivity index (χ2v) is 7.95. The number of benzene rings is 2. The average molecular weight is 408 g/mol. The van der Waals surface area contributed by atoms with Crippen LogP contribution in [0.5, 0.6) is 11.5 Å². The molecule has 1 N–H and O–H groups in total. The predicted molar refractivity (Wildman–Crippen MR) is 114 cm³/mol. The van der Waals surface area contributed by atoms with Gasteiger partial charge in [0.1, 0.15) is 6.04 Å². The molecule has 1 aliphatic heterocycles. The van der Waals surface area contributed by atoms with Crippen molar-refractivity contribution < 1.29 is 19.1 Å². The van der Waals surface area contributed by atoms with Gasteiger partial charge in [-0.3, -0.25) is 9.59 Å². The SMILES string of the molecule is COc1ccc(C(=O)N[C@H]2CCN(Cc3ccccc3)C2=O)cc1OC1CCCC1. The number of likely N-dealkylation sites (tertiary alicyclic amines) is 1. The van der Waals surface area contributed by atoms with Crippen molar-refractivity contribution in [3.63, 3.8) is 0 Å². The standard InChI is InChI=1S/C24H28N2O4/c1-29-21-12-11-18(15-22(21)30-19-9-5-6-10-19)23(27)25-20-13-14-26(24(20)28)16-17-7-3-2-4-8-17/h2-4,7-8,11-12,15,19-20H,5-6,9-10,13-14,16H2,1H3,(H,25,27)/t20-/m0/s1. The normalized spacial score (nSPS) is 19.2. The summed E-state index contributed by atoms with van der Waals surface area (Å²) in [6, 6.07) is 14.6. The minimum atomic E-state index is -0.498. The first-order valence-corrected chi connectivity index (χ1v) is 10.6. The lowest BCUT2D eigenvalue weighted by atomic mass is 10.1. The van der Waals surface area contributed by atoms with Gasteiger partial charge in [0.25, 0.3) is 5.91 Å². The fraction of sp³-hybridized carbons (Fsp3) is 0.417. The van der Waals surface area contributed by atoms with Crippen molar-refractivity contribution in [3.8, 4) is 11.5 Å². The largest absolute Gasteiger partial charge is 0.493 e. The number of carbonyl (C=O) groups excluding carboxylic acids is 2. The van der Waals surface area contributed by atoms with Crippen LogP contribution in [-0.4, -0.2) is 42.5 Å². The Morgan fingerprint density at radius 1 is 1.07 bits per heavy atom. The summed E-state index contributed by atoms with van der Waals surface area (Å²) in [5.41, 5.74) is 1.56. The highest BCUT2D eigenvalue weighted by molar-refractivity contribution is 5.98. The smallest absolute Gasteiger partial charge is 0.252 e. The van der Waals surface area contributed by atoms with Gasteiger partial charge >= 0.3 is 0 Å². The van der Waals surface area contributed by atoms with Crippen LogP contribution < -0.4 is 14.8 Å². The van der Waals surface area contributed by atoms with Gasteiger partial charge in [-0.2, -0.15) is 0 Å². The molecule has 1 aliphatic carbocycles. The molecule has 4 rings (SSSR count). The lowest BCUT2D eigenvalue weighted by Crippen LogP contribution is -2.41. The third-order valence-electron chi connectivity index (χ3n) is 5.84. The first kappa shape index (κ1) is 20.3. The molecule has 2 fully saturated rings. The van der Waals surface area contributed by atoms with Gasteiger partial charge in [0.2, 0.25) is 5.91 Å². The van der Waals surface area contributed by atoms with Crippen LogP contribution >= 0.6 is 0 Å². The third-order valence-corrected chi connectivity index (χ3v) is 5.84. The number of rotatable bonds is 7. The zero-order valence-corrected chi connectivity index (χ0v) is 17.3. The van der Waals surface area contributed by atoms with E-state index in [-0.39, 0.29) is 17.9 Å². The summed E-state index contributed by atoms with van der Waals surface area (Å²) in [4.78, 5) is 27.4. The molecule has 0 radical (unpaired) electrons. The van der Waals surface area contributed by atoms with Gasteiger partial charge in [0.15, 0.2) is 11.5 Å². The van der Waals surface area contributed by atoms with Gasteiger partial charge < -0.3 is 19.7 Å². The van der Waals surface area contributed by atoms with Crippen LogP contribution in [0.1, 0.15) is 48.0 Å². The number of hydrogen-bond donors (Lipinski definition) is 1. The van der Waals surface area contributed by atoms with Crippen molar-refractivity contribution in [1.82, 2.24) is 10.2 Å². The molecule has 158 valence electrons. The fourth-order valence-corrected chi connectivity index (χ4v) is 4.17. The highest BCUT2D eigenvalue weighted by Crippen LogP contribution is 2.32. The van der Waals surface area contributed by atoms with Crippen LogP contribution in [-0.2, 0) is 11.3 Å². The summed E-state index contributed by atoms with van der Waals surface area (Å²) in [5, 5.41) is 2.89. The van der Waals surface area contributed by atoms with Crippen molar-refractivity contribution >= 4 is 11.8 Å². The lowest BCUT2D eigenvalue weighted by Gasteiger charge is -2.18. The summed E-state index contributed by atoms with van der Waals surface area (Å²) in [6.07, 6.45) is 5.15. The Kier molecular flexibility index (Phi) is 6.21. The first-order valence-electron chi connectivity index (χ1n) is 10.6. The number of nitrogens with zero attached hydrogens (tertiary/aromatic N) is 1. The summed E-state index contributed by atoms with van der Waals surface area (Å²) in [6.45, 7) is 1.20. The molecule has 2 aromatic carbocycles. The molecule has 0 aromatic heterocycles. The maximum absolute atomic E-state index is 12.8. The molecule has 0 unspecified atom stereocenters. The monoisotopic (exact) mass is 408 g/mol. The van der Waals surface area contributed by atoms with E-state index in [9.17, 15) is 9.59 Å². The Morgan fingerprint density at radius 2 is 1.83 bits per heavy atom. The van der Waals surface area contributed by atoms with Crippen molar-refractivity contribution in [2.45, 2.75) is 50.8 Å². The third kappa shape index (κ3) is 4.58. The van der Waals surface area contributed by atoms with Gasteiger partial charge in [-0.15, -0.1) is 0 Å². The quantitative estimate of drug-likeness (QED) is 0.761. The van der Waals surface area contributed by atoms with E-state index < -0.39 is 6.04 Å². The minimum Gasteiger partial charge on any atom is -0.493 e. The number of amides is 2. The second-order valence-electron chi connectivity index (χ2n) is 7.95. The highest BCUT2D eigenvalue weighted by Gasteiger charge is 2.33. The molecule has 2 aromatic rings. The molecule has 1 saturated heterocycles. The molecule has 2 aliphatic rings. The van der Waals surface area contributed by atoms with E-state index >= 15 is 0 Å². The van der Waals surface area contributed by atoms with Crippen LogP contribution in [0.25, 0.3) is 0 Å². The number of carbonyl (C=O) groups is 2. The Morgan fingerprint density at radius 3 is 2.57 bits per heavy atom. The highest BCUT2D eigenvalue weighted by atomic mass is 16.5. The van der Waals surface area contributed by atoms with Crippen molar-refractivity contribution in [2.24, 2.45) is 0 Å². The molecule has 6 nitrogen and oxygen atoms in total. The average Bonchev–Trinajstić information content (AvgIpc) is 3.40. The number of ether oxygens (including phenoxy) is 2. The molecule has 1 heterocycles. The van der Waals surface area contributed by atoms with E-state index in [0.717, 1.165) is 31.2 Å². The molecule has 30 heavy (non-hydrogen) atoms. The van der Waals surface area contributed by atoms with E-state index in [4.69, 9.17) is 9.47 Å². The number of nitrogens with one attached hydrogen (secondary N) is 1. The predicted octanol–water partition coefficient (Wildman–Crippen LogP) is 3.55. The maximum Gasteiger partial charge on any atom is 0.252 e. The molecule has 1 saturated carbocycles. The number of hydrogen-bond acceptors (Lipinski definition) is 4. The molecule has 6 heteroatoms. The summed E-state index contributed by atoms with van der Waals surface area (Å²) >= 11 is 0. The molecule has 1 atom stereocenters. The Labute approximate surface area is 177 Å². The Bertz CT molecular complexity index is 893. The van der Waals surface area contributed by atoms with Gasteiger partial charge in [0.05, 0.1) is 13.2 Å². The van der Waals surface area contributed by atoms with E-state index in [0.29, 0.717) is 36.6 Å². The van der Waals surface area contributed by atoms with Crippen molar-refractivity contribution in [1.29, 1.82) is 0 Å². The first-order chi connectivity index (χ1) is 14.6. The van der Waals surface area contributed by atoms with Crippen LogP contribution in [0.4, 0.5) is 0 Å². The zero-order valence-electron chi connectivity index (χ0n) is 17.3. The molecular formula is C24H28N2O4. The van der Waals surface area contributed by atoms with Gasteiger partial charge in [0, 0.05) is 18.7 Å². The summed E-state index contributed by atoms with van der Waals surface area (Å²) in [5.74, 6) is 0.891. The zero-order chi connectivity index (χ0) is 20.9. The Hall–Kier alpha value is -3.02. The van der Waals surface area contributed by atoms with Crippen LogP contribution in [0.15, 0.2) is 48.5 Å². The molecule has 0 spiro atoms.